The zero-order valence-electron chi connectivity index (χ0n) is 8.73. The van der Waals surface area contributed by atoms with Gasteiger partial charge in [0.2, 0.25) is 0 Å². The van der Waals surface area contributed by atoms with Crippen LogP contribution in [0, 0.1) is 0 Å². The van der Waals surface area contributed by atoms with E-state index >= 15 is 0 Å². The van der Waals surface area contributed by atoms with Crippen molar-refractivity contribution in [2.45, 2.75) is 12.5 Å². The van der Waals surface area contributed by atoms with E-state index in [-0.39, 0.29) is 5.97 Å². The van der Waals surface area contributed by atoms with E-state index in [1.165, 1.54) is 35.8 Å². The van der Waals surface area contributed by atoms with Gasteiger partial charge in [0.15, 0.2) is 0 Å². The van der Waals surface area contributed by atoms with E-state index in [4.69, 9.17) is 5.73 Å². The maximum absolute atomic E-state index is 10.9. The quantitative estimate of drug-likeness (QED) is 0.400. The molecule has 0 aliphatic carbocycles. The van der Waals surface area contributed by atoms with Crippen molar-refractivity contribution in [1.29, 1.82) is 0 Å². The van der Waals surface area contributed by atoms with E-state index in [9.17, 15) is 9.59 Å². The Hall–Kier alpha value is -0.400. The molecule has 0 saturated heterocycles. The Bertz CT molecular complexity index is 213. The van der Waals surface area contributed by atoms with Gasteiger partial charge in [0.1, 0.15) is 6.04 Å². The van der Waals surface area contributed by atoms with Crippen molar-refractivity contribution in [3.63, 3.8) is 0 Å². The van der Waals surface area contributed by atoms with Gasteiger partial charge >= 0.3 is 11.9 Å². The fraction of sp³-hybridized carbons (Fsp3) is 0.750. The molecule has 0 aromatic carbocycles. The number of rotatable bonds is 7. The first-order valence-corrected chi connectivity index (χ1v) is 6.75. The van der Waals surface area contributed by atoms with Gasteiger partial charge in [-0.1, -0.05) is 21.6 Å². The van der Waals surface area contributed by atoms with Gasteiger partial charge in [-0.2, -0.15) is 0 Å². The fourth-order valence-electron chi connectivity index (χ4n) is 0.627. The van der Waals surface area contributed by atoms with Crippen molar-refractivity contribution in [3.05, 3.63) is 0 Å². The van der Waals surface area contributed by atoms with Crippen LogP contribution in [0.1, 0.15) is 6.42 Å². The average molecular weight is 253 g/mol. The molecule has 0 unspecified atom stereocenters. The molecule has 88 valence electrons. The summed E-state index contributed by atoms with van der Waals surface area (Å²) in [5, 5.41) is 0. The third-order valence-corrected chi connectivity index (χ3v) is 3.89. The van der Waals surface area contributed by atoms with Crippen LogP contribution in [0.25, 0.3) is 0 Å². The van der Waals surface area contributed by atoms with E-state index in [2.05, 4.69) is 9.47 Å². The molecule has 1 atom stereocenters. The van der Waals surface area contributed by atoms with Crippen molar-refractivity contribution >= 4 is 33.5 Å². The Kier molecular flexibility index (Phi) is 8.64. The van der Waals surface area contributed by atoms with E-state index in [1.54, 1.807) is 0 Å². The van der Waals surface area contributed by atoms with E-state index < -0.39 is 12.0 Å². The van der Waals surface area contributed by atoms with E-state index in [1.807, 2.05) is 0 Å². The number of hydrogen-bond acceptors (Lipinski definition) is 7. The fourth-order valence-corrected chi connectivity index (χ4v) is 2.71. The summed E-state index contributed by atoms with van der Waals surface area (Å²) in [6, 6.07) is -0.606. The van der Waals surface area contributed by atoms with Crippen molar-refractivity contribution in [1.82, 2.24) is 0 Å². The van der Waals surface area contributed by atoms with Gasteiger partial charge in [0, 0.05) is 11.5 Å². The minimum Gasteiger partial charge on any atom is -0.469 e. The second-order valence-corrected chi connectivity index (χ2v) is 5.19. The highest BCUT2D eigenvalue weighted by atomic mass is 33.1. The van der Waals surface area contributed by atoms with Crippen LogP contribution in [-0.2, 0) is 19.1 Å². The molecule has 0 spiro atoms. The molecule has 0 saturated carbocycles. The highest BCUT2D eigenvalue weighted by molar-refractivity contribution is 8.76. The molecular formula is C8H15NO4S2. The number of ether oxygens (including phenoxy) is 2. The molecule has 0 bridgehead atoms. The van der Waals surface area contributed by atoms with Crippen LogP contribution in [0.4, 0.5) is 0 Å². The summed E-state index contributed by atoms with van der Waals surface area (Å²) in [5.41, 5.74) is 5.50. The lowest BCUT2D eigenvalue weighted by molar-refractivity contribution is -0.141. The molecule has 0 rings (SSSR count). The first-order valence-electron chi connectivity index (χ1n) is 4.26. The van der Waals surface area contributed by atoms with Gasteiger partial charge in [-0.25, -0.2) is 0 Å². The number of hydrogen-bond donors (Lipinski definition) is 1. The van der Waals surface area contributed by atoms with E-state index in [0.717, 1.165) is 0 Å². The summed E-state index contributed by atoms with van der Waals surface area (Å²) >= 11 is 0. The summed E-state index contributed by atoms with van der Waals surface area (Å²) < 4.78 is 8.94. The molecular weight excluding hydrogens is 238 g/mol. The number of carbonyl (C=O) groups excluding carboxylic acids is 2. The topological polar surface area (TPSA) is 78.6 Å². The Labute approximate surface area is 96.8 Å². The smallest absolute Gasteiger partial charge is 0.323 e. The lowest BCUT2D eigenvalue weighted by Gasteiger charge is -2.07. The molecule has 0 amide bonds. The number of methoxy groups -OCH3 is 2. The van der Waals surface area contributed by atoms with Gasteiger partial charge in [0.25, 0.3) is 0 Å². The largest absolute Gasteiger partial charge is 0.469 e. The maximum atomic E-state index is 10.9. The average Bonchev–Trinajstić information content (AvgIpc) is 2.26. The molecule has 0 aliphatic heterocycles. The van der Waals surface area contributed by atoms with Crippen LogP contribution >= 0.6 is 21.6 Å². The predicted molar refractivity (Wildman–Crippen MR) is 61.5 cm³/mol. The lowest BCUT2D eigenvalue weighted by Crippen LogP contribution is -2.33. The van der Waals surface area contributed by atoms with Crippen molar-refractivity contribution in [2.24, 2.45) is 5.73 Å². The van der Waals surface area contributed by atoms with Gasteiger partial charge < -0.3 is 15.2 Å². The normalized spacial score (nSPS) is 11.9. The molecule has 0 aliphatic rings. The summed E-state index contributed by atoms with van der Waals surface area (Å²) in [6.07, 6.45) is 0.363. The third-order valence-electron chi connectivity index (χ3n) is 1.45. The summed E-state index contributed by atoms with van der Waals surface area (Å²) in [5.74, 6) is 0.459. The molecule has 0 radical (unpaired) electrons. The number of carbonyl (C=O) groups is 2. The minimum atomic E-state index is -0.606. The summed E-state index contributed by atoms with van der Waals surface area (Å²) in [7, 11) is 5.58. The van der Waals surface area contributed by atoms with Crippen LogP contribution in [-0.4, -0.2) is 43.7 Å². The lowest BCUT2D eigenvalue weighted by atomic mass is 10.4. The molecule has 0 aromatic heterocycles. The van der Waals surface area contributed by atoms with Crippen molar-refractivity contribution < 1.29 is 19.1 Å². The Morgan fingerprint density at radius 3 is 2.47 bits per heavy atom. The molecule has 15 heavy (non-hydrogen) atoms. The highest BCUT2D eigenvalue weighted by Gasteiger charge is 2.13. The van der Waals surface area contributed by atoms with Crippen LogP contribution < -0.4 is 5.73 Å². The third kappa shape index (κ3) is 7.52. The predicted octanol–water partition coefficient (Wildman–Crippen LogP) is 0.431. The molecule has 0 heterocycles. The SMILES string of the molecule is COC(=O)CCSSC[C@@H](N)C(=O)OC. The zero-order valence-corrected chi connectivity index (χ0v) is 10.4. The summed E-state index contributed by atoms with van der Waals surface area (Å²) in [6.45, 7) is 0. The van der Waals surface area contributed by atoms with Crippen molar-refractivity contribution in [3.8, 4) is 0 Å². The highest BCUT2D eigenvalue weighted by Crippen LogP contribution is 2.22. The van der Waals surface area contributed by atoms with Gasteiger partial charge in [-0.3, -0.25) is 9.59 Å². The molecule has 2 N–H and O–H groups in total. The monoisotopic (exact) mass is 253 g/mol. The van der Waals surface area contributed by atoms with Crippen LogP contribution in [0.15, 0.2) is 0 Å². The second-order valence-electron chi connectivity index (χ2n) is 2.56. The Balaban J connectivity index is 3.38. The first-order chi connectivity index (χ1) is 7.11. The van der Waals surface area contributed by atoms with Crippen LogP contribution in [0.2, 0.25) is 0 Å². The first kappa shape index (κ1) is 14.6. The second kappa shape index (κ2) is 8.87. The van der Waals surface area contributed by atoms with Gasteiger partial charge in [-0.15, -0.1) is 0 Å². The standard InChI is InChI=1S/C8H15NO4S2/c1-12-7(10)3-4-14-15-5-6(9)8(11)13-2/h6H,3-5,9H2,1-2H3/t6-/m1/s1. The molecule has 0 fully saturated rings. The maximum Gasteiger partial charge on any atom is 0.323 e. The Morgan fingerprint density at radius 2 is 1.93 bits per heavy atom. The Morgan fingerprint density at radius 1 is 1.27 bits per heavy atom. The van der Waals surface area contributed by atoms with Gasteiger partial charge in [-0.05, 0) is 0 Å². The number of nitrogens with two attached hydrogens (primary N) is 1. The molecule has 0 aromatic rings. The van der Waals surface area contributed by atoms with Crippen molar-refractivity contribution in [2.75, 3.05) is 25.7 Å². The zero-order chi connectivity index (χ0) is 11.7. The number of esters is 2. The van der Waals surface area contributed by atoms with Crippen LogP contribution in [0.5, 0.6) is 0 Å². The minimum absolute atomic E-state index is 0.236. The van der Waals surface area contributed by atoms with Crippen LogP contribution in [0.3, 0.4) is 0 Å². The molecule has 7 heteroatoms. The molecule has 5 nitrogen and oxygen atoms in total. The summed E-state index contributed by atoms with van der Waals surface area (Å²) in [4.78, 5) is 21.6. The van der Waals surface area contributed by atoms with Gasteiger partial charge in [0.05, 0.1) is 20.6 Å². The van der Waals surface area contributed by atoms with E-state index in [0.29, 0.717) is 17.9 Å².